The van der Waals surface area contributed by atoms with Gasteiger partial charge < -0.3 is 9.47 Å². The van der Waals surface area contributed by atoms with Crippen molar-refractivity contribution in [2.45, 2.75) is 33.3 Å². The van der Waals surface area contributed by atoms with Gasteiger partial charge in [-0.2, -0.15) is 9.78 Å². The van der Waals surface area contributed by atoms with Crippen molar-refractivity contribution in [3.63, 3.8) is 0 Å². The summed E-state index contributed by atoms with van der Waals surface area (Å²) in [6.07, 6.45) is 3.01. The topological polar surface area (TPSA) is 109 Å². The average Bonchev–Trinajstić information content (AvgIpc) is 2.89. The molecule has 0 fully saturated rings. The van der Waals surface area contributed by atoms with Crippen molar-refractivity contribution in [1.29, 1.82) is 0 Å². The van der Waals surface area contributed by atoms with E-state index in [1.807, 2.05) is 32.0 Å². The monoisotopic (exact) mass is 690 g/mol. The molecular formula is C27H24BrIN4O5. The van der Waals surface area contributed by atoms with Gasteiger partial charge in [-0.05, 0) is 77.4 Å². The molecule has 4 rings (SSSR count). The van der Waals surface area contributed by atoms with Gasteiger partial charge in [0.1, 0.15) is 12.4 Å². The summed E-state index contributed by atoms with van der Waals surface area (Å²) in [5, 5.41) is 16.1. The lowest BCUT2D eigenvalue weighted by Gasteiger charge is -2.15. The molecule has 0 saturated heterocycles. The number of nitro benzene ring substituents is 1. The van der Waals surface area contributed by atoms with Crippen molar-refractivity contribution < 1.29 is 14.4 Å². The van der Waals surface area contributed by atoms with Crippen LogP contribution in [0.25, 0.3) is 10.9 Å². The number of nitro groups is 1. The van der Waals surface area contributed by atoms with Gasteiger partial charge in [0.2, 0.25) is 0 Å². The fourth-order valence-electron chi connectivity index (χ4n) is 3.80. The van der Waals surface area contributed by atoms with Gasteiger partial charge >= 0.3 is 0 Å². The number of halogens is 2. The Hall–Kier alpha value is -3.32. The van der Waals surface area contributed by atoms with E-state index < -0.39 is 4.92 Å². The molecular weight excluding hydrogens is 667 g/mol. The summed E-state index contributed by atoms with van der Waals surface area (Å²) in [5.41, 5.74) is 1.77. The van der Waals surface area contributed by atoms with Crippen LogP contribution >= 0.6 is 38.5 Å². The van der Waals surface area contributed by atoms with E-state index >= 15 is 0 Å². The summed E-state index contributed by atoms with van der Waals surface area (Å²) in [6.45, 7) is 4.44. The molecule has 1 heterocycles. The highest BCUT2D eigenvalue weighted by Gasteiger charge is 2.15. The number of benzene rings is 3. The molecule has 9 nitrogen and oxygen atoms in total. The molecule has 0 bridgehead atoms. The van der Waals surface area contributed by atoms with Crippen LogP contribution in [-0.4, -0.2) is 27.4 Å². The first-order valence-corrected chi connectivity index (χ1v) is 13.8. The van der Waals surface area contributed by atoms with Gasteiger partial charge in [-0.1, -0.05) is 35.0 Å². The second-order valence-corrected chi connectivity index (χ2v) is 10.4. The van der Waals surface area contributed by atoms with Crippen LogP contribution in [0.5, 0.6) is 11.5 Å². The minimum atomic E-state index is -0.436. The Morgan fingerprint density at radius 2 is 1.97 bits per heavy atom. The smallest absolute Gasteiger partial charge is 0.282 e. The molecule has 196 valence electrons. The summed E-state index contributed by atoms with van der Waals surface area (Å²) >= 11 is 5.57. The molecule has 0 atom stereocenters. The molecule has 0 amide bonds. The highest BCUT2D eigenvalue weighted by Crippen LogP contribution is 2.34. The first-order chi connectivity index (χ1) is 18.3. The van der Waals surface area contributed by atoms with Gasteiger partial charge in [-0.15, -0.1) is 0 Å². The minimum absolute atomic E-state index is 0.00520. The van der Waals surface area contributed by atoms with E-state index in [9.17, 15) is 14.9 Å². The number of nitrogens with zero attached hydrogens (tertiary/aromatic N) is 4. The Morgan fingerprint density at radius 1 is 1.16 bits per heavy atom. The van der Waals surface area contributed by atoms with E-state index in [4.69, 9.17) is 9.47 Å². The predicted octanol–water partition coefficient (Wildman–Crippen LogP) is 6.48. The van der Waals surface area contributed by atoms with Crippen LogP contribution in [0.3, 0.4) is 0 Å². The molecule has 0 aliphatic carbocycles. The maximum absolute atomic E-state index is 13.3. The Morgan fingerprint density at radius 3 is 2.71 bits per heavy atom. The van der Waals surface area contributed by atoms with Gasteiger partial charge in [-0.3, -0.25) is 14.9 Å². The number of hydrogen-bond donors (Lipinski definition) is 0. The highest BCUT2D eigenvalue weighted by molar-refractivity contribution is 14.1. The maximum Gasteiger partial charge on any atom is 0.282 e. The Balaban J connectivity index is 1.67. The van der Waals surface area contributed by atoms with E-state index in [1.165, 1.54) is 16.8 Å². The third-order valence-electron chi connectivity index (χ3n) is 5.51. The highest BCUT2D eigenvalue weighted by atomic mass is 127. The summed E-state index contributed by atoms with van der Waals surface area (Å²) in [7, 11) is 0. The lowest BCUT2D eigenvalue weighted by molar-refractivity contribution is -0.384. The van der Waals surface area contributed by atoms with Crippen LogP contribution in [-0.2, 0) is 13.0 Å². The Labute approximate surface area is 240 Å². The van der Waals surface area contributed by atoms with Crippen molar-refractivity contribution in [3.8, 4) is 11.5 Å². The lowest BCUT2D eigenvalue weighted by Crippen LogP contribution is -2.22. The van der Waals surface area contributed by atoms with Gasteiger partial charge in [0.05, 0.1) is 32.2 Å². The van der Waals surface area contributed by atoms with Crippen molar-refractivity contribution in [3.05, 3.63) is 100 Å². The average molecular weight is 691 g/mol. The molecule has 0 aliphatic heterocycles. The van der Waals surface area contributed by atoms with E-state index in [2.05, 4.69) is 48.6 Å². The molecule has 0 spiro atoms. The number of rotatable bonds is 10. The standard InChI is InChI=1S/C27H24BrIN4O5/c1-3-6-25-31-23-10-9-19(28)14-21(23)27(34)32(25)30-15-18-12-22(29)26(24(13-18)37-4-2)38-16-17-7-5-8-20(11-17)33(35)36/h5,7-15H,3-4,6,16H2,1-2H3. The zero-order valence-corrected chi connectivity index (χ0v) is 24.4. The minimum Gasteiger partial charge on any atom is -0.490 e. The van der Waals surface area contributed by atoms with Crippen LogP contribution < -0.4 is 15.0 Å². The fourth-order valence-corrected chi connectivity index (χ4v) is 4.95. The molecule has 0 N–H and O–H groups in total. The van der Waals surface area contributed by atoms with Crippen LogP contribution in [0.4, 0.5) is 5.69 Å². The third kappa shape index (κ3) is 6.38. The van der Waals surface area contributed by atoms with Gasteiger partial charge in [0, 0.05) is 23.0 Å². The van der Waals surface area contributed by atoms with E-state index in [1.54, 1.807) is 30.5 Å². The van der Waals surface area contributed by atoms with E-state index in [0.29, 0.717) is 52.4 Å². The molecule has 0 saturated carbocycles. The third-order valence-corrected chi connectivity index (χ3v) is 6.80. The number of hydrogen-bond acceptors (Lipinski definition) is 7. The van der Waals surface area contributed by atoms with Gasteiger partial charge in [0.25, 0.3) is 11.2 Å². The largest absolute Gasteiger partial charge is 0.490 e. The molecule has 0 aliphatic rings. The molecule has 38 heavy (non-hydrogen) atoms. The first-order valence-electron chi connectivity index (χ1n) is 11.9. The zero-order chi connectivity index (χ0) is 27.2. The fraction of sp³-hybridized carbons (Fsp3) is 0.222. The number of aryl methyl sites for hydroxylation is 1. The molecule has 4 aromatic rings. The van der Waals surface area contributed by atoms with Crippen molar-refractivity contribution in [2.24, 2.45) is 5.10 Å². The van der Waals surface area contributed by atoms with Gasteiger partial charge in [0.15, 0.2) is 11.5 Å². The quantitative estimate of drug-likeness (QED) is 0.0816. The van der Waals surface area contributed by atoms with Crippen molar-refractivity contribution >= 4 is 61.3 Å². The summed E-state index contributed by atoms with van der Waals surface area (Å²) in [4.78, 5) is 28.6. The second-order valence-electron chi connectivity index (χ2n) is 8.28. The summed E-state index contributed by atoms with van der Waals surface area (Å²) in [5.74, 6) is 1.62. The molecule has 1 aromatic heterocycles. The second kappa shape index (κ2) is 12.5. The molecule has 11 heteroatoms. The predicted molar refractivity (Wildman–Crippen MR) is 158 cm³/mol. The summed E-state index contributed by atoms with van der Waals surface area (Å²) < 4.78 is 14.8. The number of non-ortho nitro benzene ring substituents is 1. The number of fused-ring (bicyclic) bond motifs is 1. The van der Waals surface area contributed by atoms with Crippen LogP contribution in [0.1, 0.15) is 37.2 Å². The normalized spacial score (nSPS) is 11.3. The number of aromatic nitrogens is 2. The molecule has 3 aromatic carbocycles. The SMILES string of the molecule is CCCc1nc2ccc(Br)cc2c(=O)n1N=Cc1cc(I)c(OCc2cccc([N+](=O)[O-])c2)c(OCC)c1. The zero-order valence-electron chi connectivity index (χ0n) is 20.7. The first kappa shape index (κ1) is 27.7. The van der Waals surface area contributed by atoms with Crippen LogP contribution in [0.15, 0.2) is 69.0 Å². The Kier molecular flexibility index (Phi) is 9.10. The van der Waals surface area contributed by atoms with Crippen molar-refractivity contribution in [2.75, 3.05) is 6.61 Å². The van der Waals surface area contributed by atoms with Gasteiger partial charge in [-0.25, -0.2) is 4.98 Å². The van der Waals surface area contributed by atoms with E-state index in [-0.39, 0.29) is 17.9 Å². The van der Waals surface area contributed by atoms with Crippen LogP contribution in [0.2, 0.25) is 0 Å². The molecule has 0 unspecified atom stereocenters. The maximum atomic E-state index is 13.3. The number of ether oxygens (including phenoxy) is 2. The van der Waals surface area contributed by atoms with Crippen LogP contribution in [0, 0.1) is 13.7 Å². The van der Waals surface area contributed by atoms with Crippen molar-refractivity contribution in [1.82, 2.24) is 9.66 Å². The summed E-state index contributed by atoms with van der Waals surface area (Å²) in [6, 6.07) is 15.4. The van der Waals surface area contributed by atoms with E-state index in [0.717, 1.165) is 14.5 Å². The Bertz CT molecular complexity index is 1590. The molecule has 0 radical (unpaired) electrons. The lowest BCUT2D eigenvalue weighted by atomic mass is 10.2.